The fourth-order valence-corrected chi connectivity index (χ4v) is 2.90. The first kappa shape index (κ1) is 13.6. The average molecular weight is 247 g/mol. The first-order valence-electron chi connectivity index (χ1n) is 7.14. The highest BCUT2D eigenvalue weighted by molar-refractivity contribution is 5.31. The van der Waals surface area contributed by atoms with E-state index in [1.54, 1.807) is 0 Å². The normalized spacial score (nSPS) is 21.8. The number of nitrogens with one attached hydrogen (secondary N) is 1. The molecule has 2 unspecified atom stereocenters. The minimum atomic E-state index is 0.333. The highest BCUT2D eigenvalue weighted by Crippen LogP contribution is 2.27. The largest absolute Gasteiger partial charge is 0.376 e. The summed E-state index contributed by atoms with van der Waals surface area (Å²) in [7, 11) is 0. The second-order valence-corrected chi connectivity index (χ2v) is 5.36. The van der Waals surface area contributed by atoms with Gasteiger partial charge in [0, 0.05) is 6.61 Å². The Labute approximate surface area is 111 Å². The molecule has 18 heavy (non-hydrogen) atoms. The van der Waals surface area contributed by atoms with Gasteiger partial charge in [0.15, 0.2) is 0 Å². The van der Waals surface area contributed by atoms with Crippen molar-refractivity contribution in [3.8, 4) is 0 Å². The summed E-state index contributed by atoms with van der Waals surface area (Å²) < 4.78 is 5.96. The molecule has 0 aromatic heterocycles. The van der Waals surface area contributed by atoms with Gasteiger partial charge in [-0.25, -0.2) is 0 Å². The Bertz CT molecular complexity index is 362. The third-order valence-electron chi connectivity index (χ3n) is 3.61. The molecule has 2 atom stereocenters. The number of rotatable bonds is 4. The summed E-state index contributed by atoms with van der Waals surface area (Å²) in [6.07, 6.45) is 4.00. The van der Waals surface area contributed by atoms with E-state index in [9.17, 15) is 0 Å². The Hall–Kier alpha value is -0.860. The molecule has 2 rings (SSSR count). The number of hydrogen-bond acceptors (Lipinski definition) is 2. The Morgan fingerprint density at radius 2 is 1.94 bits per heavy atom. The van der Waals surface area contributed by atoms with Crippen molar-refractivity contribution >= 4 is 0 Å². The van der Waals surface area contributed by atoms with Crippen molar-refractivity contribution in [1.82, 2.24) is 5.32 Å². The van der Waals surface area contributed by atoms with Gasteiger partial charge >= 0.3 is 0 Å². The van der Waals surface area contributed by atoms with Crippen molar-refractivity contribution in [2.24, 2.45) is 0 Å². The number of aryl methyl sites for hydroxylation is 2. The van der Waals surface area contributed by atoms with Crippen LogP contribution in [-0.2, 0) is 4.74 Å². The Balaban J connectivity index is 2.22. The van der Waals surface area contributed by atoms with Gasteiger partial charge in [-0.2, -0.15) is 0 Å². The SMILES string of the molecule is CCNC(c1cc(C)cc(C)c1)C1CCCCO1. The van der Waals surface area contributed by atoms with E-state index in [1.807, 2.05) is 0 Å². The zero-order valence-electron chi connectivity index (χ0n) is 11.8. The highest BCUT2D eigenvalue weighted by Gasteiger charge is 2.25. The van der Waals surface area contributed by atoms with E-state index in [2.05, 4.69) is 44.3 Å². The summed E-state index contributed by atoms with van der Waals surface area (Å²) in [6, 6.07) is 7.15. The van der Waals surface area contributed by atoms with Crippen LogP contribution >= 0.6 is 0 Å². The predicted molar refractivity (Wildman–Crippen MR) is 75.9 cm³/mol. The van der Waals surface area contributed by atoms with Gasteiger partial charge in [0.2, 0.25) is 0 Å². The molecule has 2 heteroatoms. The Kier molecular flexibility index (Phi) is 4.79. The van der Waals surface area contributed by atoms with Gasteiger partial charge in [0.05, 0.1) is 12.1 Å². The van der Waals surface area contributed by atoms with Crippen LogP contribution in [0.4, 0.5) is 0 Å². The van der Waals surface area contributed by atoms with Gasteiger partial charge in [0.25, 0.3) is 0 Å². The molecule has 1 aliphatic heterocycles. The van der Waals surface area contributed by atoms with Crippen LogP contribution in [0.1, 0.15) is 48.9 Å². The molecule has 0 spiro atoms. The number of likely N-dealkylation sites (N-methyl/N-ethyl adjacent to an activating group) is 1. The van der Waals surface area contributed by atoms with Crippen molar-refractivity contribution in [2.75, 3.05) is 13.2 Å². The van der Waals surface area contributed by atoms with Gasteiger partial charge in [0.1, 0.15) is 0 Å². The van der Waals surface area contributed by atoms with Crippen molar-refractivity contribution in [2.45, 2.75) is 52.2 Å². The third-order valence-corrected chi connectivity index (χ3v) is 3.61. The predicted octanol–water partition coefficient (Wildman–Crippen LogP) is 3.52. The average Bonchev–Trinajstić information content (AvgIpc) is 2.36. The summed E-state index contributed by atoms with van der Waals surface area (Å²) in [5.41, 5.74) is 4.05. The maximum atomic E-state index is 5.96. The van der Waals surface area contributed by atoms with Crippen molar-refractivity contribution in [3.63, 3.8) is 0 Å². The summed E-state index contributed by atoms with van der Waals surface area (Å²) >= 11 is 0. The Morgan fingerprint density at radius 1 is 1.22 bits per heavy atom. The molecule has 2 nitrogen and oxygen atoms in total. The van der Waals surface area contributed by atoms with Crippen LogP contribution in [0.25, 0.3) is 0 Å². The molecule has 1 N–H and O–H groups in total. The van der Waals surface area contributed by atoms with E-state index in [4.69, 9.17) is 4.74 Å². The van der Waals surface area contributed by atoms with Crippen molar-refractivity contribution in [3.05, 3.63) is 34.9 Å². The second-order valence-electron chi connectivity index (χ2n) is 5.36. The van der Waals surface area contributed by atoms with E-state index in [1.165, 1.54) is 36.0 Å². The van der Waals surface area contributed by atoms with Crippen molar-refractivity contribution in [1.29, 1.82) is 0 Å². The summed E-state index contributed by atoms with van der Waals surface area (Å²) in [5.74, 6) is 0. The Morgan fingerprint density at radius 3 is 2.50 bits per heavy atom. The lowest BCUT2D eigenvalue weighted by Crippen LogP contribution is -2.36. The minimum absolute atomic E-state index is 0.333. The van der Waals surface area contributed by atoms with Crippen LogP contribution in [-0.4, -0.2) is 19.3 Å². The smallest absolute Gasteiger partial charge is 0.0769 e. The zero-order valence-corrected chi connectivity index (χ0v) is 11.8. The fourth-order valence-electron chi connectivity index (χ4n) is 2.90. The number of hydrogen-bond donors (Lipinski definition) is 1. The quantitative estimate of drug-likeness (QED) is 0.879. The molecule has 0 amide bonds. The summed E-state index contributed by atoms with van der Waals surface area (Å²) in [5, 5.41) is 3.60. The molecule has 1 fully saturated rings. The molecule has 1 heterocycles. The van der Waals surface area contributed by atoms with Gasteiger partial charge in [-0.3, -0.25) is 0 Å². The van der Waals surface area contributed by atoms with Gasteiger partial charge in [-0.15, -0.1) is 0 Å². The lowest BCUT2D eigenvalue weighted by molar-refractivity contribution is -0.00787. The molecule has 0 radical (unpaired) electrons. The molecule has 1 aliphatic rings. The molecule has 0 bridgehead atoms. The first-order chi connectivity index (χ1) is 8.70. The van der Waals surface area contributed by atoms with E-state index in [-0.39, 0.29) is 0 Å². The summed E-state index contributed by atoms with van der Waals surface area (Å²) in [4.78, 5) is 0. The topological polar surface area (TPSA) is 21.3 Å². The number of benzene rings is 1. The van der Waals surface area contributed by atoms with E-state index in [0.29, 0.717) is 12.1 Å². The standard InChI is InChI=1S/C16H25NO/c1-4-17-16(15-7-5-6-8-18-15)14-10-12(2)9-13(3)11-14/h9-11,15-17H,4-8H2,1-3H3. The molecule has 1 aromatic carbocycles. The monoisotopic (exact) mass is 247 g/mol. The lowest BCUT2D eigenvalue weighted by atomic mass is 9.93. The molecule has 0 aliphatic carbocycles. The third kappa shape index (κ3) is 3.33. The molecule has 1 saturated heterocycles. The van der Waals surface area contributed by atoms with Crippen molar-refractivity contribution < 1.29 is 4.74 Å². The molecule has 0 saturated carbocycles. The van der Waals surface area contributed by atoms with E-state index < -0.39 is 0 Å². The molecule has 100 valence electrons. The summed E-state index contributed by atoms with van der Waals surface area (Å²) in [6.45, 7) is 8.40. The lowest BCUT2D eigenvalue weighted by Gasteiger charge is -2.31. The van der Waals surface area contributed by atoms with Crippen LogP contribution in [0.2, 0.25) is 0 Å². The fraction of sp³-hybridized carbons (Fsp3) is 0.625. The molecular weight excluding hydrogens is 222 g/mol. The maximum Gasteiger partial charge on any atom is 0.0769 e. The van der Waals surface area contributed by atoms with Crippen LogP contribution in [0.5, 0.6) is 0 Å². The highest BCUT2D eigenvalue weighted by atomic mass is 16.5. The van der Waals surface area contributed by atoms with E-state index >= 15 is 0 Å². The molecular formula is C16H25NO. The second kappa shape index (κ2) is 6.35. The van der Waals surface area contributed by atoms with Crippen LogP contribution in [0.3, 0.4) is 0 Å². The maximum absolute atomic E-state index is 5.96. The minimum Gasteiger partial charge on any atom is -0.376 e. The van der Waals surface area contributed by atoms with E-state index in [0.717, 1.165) is 13.2 Å². The zero-order chi connectivity index (χ0) is 13.0. The first-order valence-corrected chi connectivity index (χ1v) is 7.14. The molecule has 1 aromatic rings. The number of ether oxygens (including phenoxy) is 1. The van der Waals surface area contributed by atoms with Crippen LogP contribution in [0.15, 0.2) is 18.2 Å². The van der Waals surface area contributed by atoms with Crippen LogP contribution < -0.4 is 5.32 Å². The van der Waals surface area contributed by atoms with Crippen LogP contribution in [0, 0.1) is 13.8 Å². The van der Waals surface area contributed by atoms with Gasteiger partial charge < -0.3 is 10.1 Å². The van der Waals surface area contributed by atoms with Gasteiger partial charge in [-0.1, -0.05) is 36.2 Å². The van der Waals surface area contributed by atoms with Gasteiger partial charge in [-0.05, 0) is 45.2 Å².